The number of amides is 1. The molecule has 0 aromatic heterocycles. The first-order chi connectivity index (χ1) is 9.39. The van der Waals surface area contributed by atoms with Crippen molar-refractivity contribution in [1.29, 1.82) is 0 Å². The maximum atomic E-state index is 12.4. The molecule has 1 rings (SSSR count). The second-order valence-electron chi connectivity index (χ2n) is 5.58. The molecule has 2 N–H and O–H groups in total. The molecule has 0 aliphatic rings. The van der Waals surface area contributed by atoms with Gasteiger partial charge in [0.15, 0.2) is 0 Å². The maximum absolute atomic E-state index is 12.4. The molecule has 3 nitrogen and oxygen atoms in total. The molecular formula is C17H23NO2. The molecular weight excluding hydrogens is 250 g/mol. The summed E-state index contributed by atoms with van der Waals surface area (Å²) in [5, 5.41) is 11.8. The molecule has 1 aromatic rings. The van der Waals surface area contributed by atoms with Crippen molar-refractivity contribution < 1.29 is 9.90 Å². The number of nitrogens with one attached hydrogen (secondary N) is 1. The Morgan fingerprint density at radius 3 is 2.70 bits per heavy atom. The highest BCUT2D eigenvalue weighted by Gasteiger charge is 2.21. The minimum atomic E-state index is -0.217. The first kappa shape index (κ1) is 16.3. The molecule has 0 aliphatic heterocycles. The van der Waals surface area contributed by atoms with Crippen LogP contribution in [0.1, 0.15) is 55.1 Å². The lowest BCUT2D eigenvalue weighted by molar-refractivity contribution is 0.0908. The van der Waals surface area contributed by atoms with Crippen molar-refractivity contribution >= 4 is 5.91 Å². The smallest absolute Gasteiger partial charge is 0.252 e. The number of aliphatic hydroxyl groups is 1. The number of benzene rings is 1. The second kappa shape index (κ2) is 7.12. The van der Waals surface area contributed by atoms with Crippen LogP contribution < -0.4 is 5.32 Å². The van der Waals surface area contributed by atoms with Crippen LogP contribution in [-0.2, 0) is 0 Å². The highest BCUT2D eigenvalue weighted by atomic mass is 16.2. The van der Waals surface area contributed by atoms with Gasteiger partial charge in [-0.15, -0.1) is 0 Å². The van der Waals surface area contributed by atoms with E-state index < -0.39 is 0 Å². The summed E-state index contributed by atoms with van der Waals surface area (Å²) < 4.78 is 0. The Morgan fingerprint density at radius 1 is 1.40 bits per heavy atom. The summed E-state index contributed by atoms with van der Waals surface area (Å²) in [5.41, 5.74) is 2.08. The quantitative estimate of drug-likeness (QED) is 0.829. The molecule has 0 saturated heterocycles. The number of aryl methyl sites for hydroxylation is 1. The third-order valence-electron chi connectivity index (χ3n) is 3.12. The number of carbonyl (C=O) groups is 1. The molecule has 0 unspecified atom stereocenters. The van der Waals surface area contributed by atoms with Gasteiger partial charge in [0.05, 0.1) is 0 Å². The molecule has 0 atom stereocenters. The summed E-state index contributed by atoms with van der Waals surface area (Å²) in [4.78, 5) is 12.4. The van der Waals surface area contributed by atoms with Crippen molar-refractivity contribution in [2.24, 2.45) is 0 Å². The topological polar surface area (TPSA) is 49.3 Å². The van der Waals surface area contributed by atoms with Crippen LogP contribution in [-0.4, -0.2) is 23.2 Å². The molecule has 1 amide bonds. The highest BCUT2D eigenvalue weighted by Crippen LogP contribution is 2.15. The largest absolute Gasteiger partial charge is 0.384 e. The summed E-state index contributed by atoms with van der Waals surface area (Å²) in [6.45, 7) is 7.88. The maximum Gasteiger partial charge on any atom is 0.252 e. The fraction of sp³-hybridized carbons (Fsp3) is 0.471. The molecule has 0 fully saturated rings. The second-order valence-corrected chi connectivity index (χ2v) is 5.58. The number of rotatable bonds is 4. The van der Waals surface area contributed by atoms with Gasteiger partial charge < -0.3 is 10.4 Å². The number of hydrogen-bond donors (Lipinski definition) is 2. The molecule has 108 valence electrons. The third-order valence-corrected chi connectivity index (χ3v) is 3.12. The van der Waals surface area contributed by atoms with Crippen molar-refractivity contribution in [1.82, 2.24) is 5.32 Å². The SMILES string of the molecule is CCCC(C)(C)NC(=O)c1cc(C#CCO)ccc1C. The summed E-state index contributed by atoms with van der Waals surface area (Å²) in [6, 6.07) is 5.50. The third kappa shape index (κ3) is 4.71. The van der Waals surface area contributed by atoms with Crippen LogP contribution in [0.4, 0.5) is 0 Å². The van der Waals surface area contributed by atoms with Gasteiger partial charge in [0, 0.05) is 16.7 Å². The summed E-state index contributed by atoms with van der Waals surface area (Å²) in [5.74, 6) is 5.34. The Bertz CT molecular complexity index is 536. The molecule has 0 spiro atoms. The van der Waals surface area contributed by atoms with E-state index in [1.54, 1.807) is 6.07 Å². The van der Waals surface area contributed by atoms with Crippen LogP contribution in [0.2, 0.25) is 0 Å². The van der Waals surface area contributed by atoms with Crippen LogP contribution in [0.15, 0.2) is 18.2 Å². The molecule has 20 heavy (non-hydrogen) atoms. The van der Waals surface area contributed by atoms with E-state index in [9.17, 15) is 4.79 Å². The Balaban J connectivity index is 2.97. The van der Waals surface area contributed by atoms with E-state index >= 15 is 0 Å². The molecule has 0 aliphatic carbocycles. The summed E-state index contributed by atoms with van der Waals surface area (Å²) >= 11 is 0. The highest BCUT2D eigenvalue weighted by molar-refractivity contribution is 5.96. The lowest BCUT2D eigenvalue weighted by Gasteiger charge is -2.26. The van der Waals surface area contributed by atoms with E-state index in [0.717, 1.165) is 24.0 Å². The van der Waals surface area contributed by atoms with Gasteiger partial charge in [0.1, 0.15) is 6.61 Å². The van der Waals surface area contributed by atoms with Gasteiger partial charge in [-0.3, -0.25) is 4.79 Å². The Morgan fingerprint density at radius 2 is 2.10 bits per heavy atom. The molecule has 0 radical (unpaired) electrons. The molecule has 0 heterocycles. The zero-order chi connectivity index (χ0) is 15.2. The van der Waals surface area contributed by atoms with Crippen molar-refractivity contribution in [3.05, 3.63) is 34.9 Å². The summed E-state index contributed by atoms with van der Waals surface area (Å²) in [7, 11) is 0. The van der Waals surface area contributed by atoms with Crippen LogP contribution in [0.25, 0.3) is 0 Å². The van der Waals surface area contributed by atoms with Gasteiger partial charge in [-0.2, -0.15) is 0 Å². The van der Waals surface area contributed by atoms with Crippen LogP contribution >= 0.6 is 0 Å². The fourth-order valence-corrected chi connectivity index (χ4v) is 2.15. The predicted octanol–water partition coefficient (Wildman–Crippen LogP) is 2.65. The molecule has 3 heteroatoms. The van der Waals surface area contributed by atoms with E-state index in [1.165, 1.54) is 0 Å². The lowest BCUT2D eigenvalue weighted by atomic mass is 9.97. The minimum absolute atomic E-state index is 0.0754. The molecule has 0 saturated carbocycles. The average molecular weight is 273 g/mol. The van der Waals surface area contributed by atoms with Crippen molar-refractivity contribution in [3.63, 3.8) is 0 Å². The van der Waals surface area contributed by atoms with E-state index in [0.29, 0.717) is 5.56 Å². The summed E-state index contributed by atoms with van der Waals surface area (Å²) in [6.07, 6.45) is 1.95. The Kier molecular flexibility index (Phi) is 5.79. The van der Waals surface area contributed by atoms with Crippen LogP contribution in [0.3, 0.4) is 0 Å². The standard InChI is InChI=1S/C17H23NO2/c1-5-10-17(3,4)18-16(20)15-12-14(7-6-11-19)9-8-13(15)2/h8-9,12,19H,5,10-11H2,1-4H3,(H,18,20). The predicted molar refractivity (Wildman–Crippen MR) is 81.6 cm³/mol. The molecule has 0 bridgehead atoms. The van der Waals surface area contributed by atoms with Crippen molar-refractivity contribution in [2.75, 3.05) is 6.61 Å². The van der Waals surface area contributed by atoms with Gasteiger partial charge in [0.25, 0.3) is 5.91 Å². The normalized spacial score (nSPS) is 10.7. The number of hydrogen-bond acceptors (Lipinski definition) is 2. The first-order valence-corrected chi connectivity index (χ1v) is 6.92. The number of carbonyl (C=O) groups excluding carboxylic acids is 1. The zero-order valence-electron chi connectivity index (χ0n) is 12.7. The minimum Gasteiger partial charge on any atom is -0.384 e. The lowest BCUT2D eigenvalue weighted by Crippen LogP contribution is -2.43. The van der Waals surface area contributed by atoms with Crippen molar-refractivity contribution in [2.45, 2.75) is 46.1 Å². The van der Waals surface area contributed by atoms with E-state index in [2.05, 4.69) is 24.1 Å². The first-order valence-electron chi connectivity index (χ1n) is 6.92. The van der Waals surface area contributed by atoms with Crippen LogP contribution in [0, 0.1) is 18.8 Å². The zero-order valence-corrected chi connectivity index (χ0v) is 12.7. The number of aliphatic hydroxyl groups excluding tert-OH is 1. The fourth-order valence-electron chi connectivity index (χ4n) is 2.15. The van der Waals surface area contributed by atoms with Gasteiger partial charge in [-0.25, -0.2) is 0 Å². The molecule has 1 aromatic carbocycles. The van der Waals surface area contributed by atoms with Gasteiger partial charge in [-0.05, 0) is 44.9 Å². The van der Waals surface area contributed by atoms with E-state index in [4.69, 9.17) is 5.11 Å². The van der Waals surface area contributed by atoms with E-state index in [-0.39, 0.29) is 18.1 Å². The van der Waals surface area contributed by atoms with Crippen molar-refractivity contribution in [3.8, 4) is 11.8 Å². The average Bonchev–Trinajstić information content (AvgIpc) is 2.36. The van der Waals surface area contributed by atoms with Crippen LogP contribution in [0.5, 0.6) is 0 Å². The Hall–Kier alpha value is -1.79. The van der Waals surface area contributed by atoms with E-state index in [1.807, 2.05) is 32.9 Å². The monoisotopic (exact) mass is 273 g/mol. The van der Waals surface area contributed by atoms with Gasteiger partial charge >= 0.3 is 0 Å². The van der Waals surface area contributed by atoms with Gasteiger partial charge in [-0.1, -0.05) is 31.3 Å². The van der Waals surface area contributed by atoms with Gasteiger partial charge in [0.2, 0.25) is 0 Å². The Labute approximate surface area is 121 Å².